The highest BCUT2D eigenvalue weighted by Crippen LogP contribution is 2.26. The van der Waals surface area contributed by atoms with Crippen molar-refractivity contribution in [3.8, 4) is 22.8 Å². The van der Waals surface area contributed by atoms with Crippen LogP contribution < -0.4 is 10.5 Å². The van der Waals surface area contributed by atoms with Crippen LogP contribution >= 0.6 is 0 Å². The van der Waals surface area contributed by atoms with Gasteiger partial charge in [-0.15, -0.1) is 0 Å². The van der Waals surface area contributed by atoms with Gasteiger partial charge in [0.1, 0.15) is 17.2 Å². The molecule has 0 spiro atoms. The smallest absolute Gasteiger partial charge is 0.271 e. The third-order valence-corrected chi connectivity index (χ3v) is 3.48. The van der Waals surface area contributed by atoms with Crippen molar-refractivity contribution in [2.75, 3.05) is 0 Å². The Kier molecular flexibility index (Phi) is 4.05. The van der Waals surface area contributed by atoms with Crippen LogP contribution in [0.1, 0.15) is 23.0 Å². The van der Waals surface area contributed by atoms with Crippen molar-refractivity contribution < 1.29 is 9.53 Å². The molecule has 0 aliphatic heterocycles. The van der Waals surface area contributed by atoms with Gasteiger partial charge in [0.25, 0.3) is 5.91 Å². The highest BCUT2D eigenvalue weighted by molar-refractivity contribution is 5.96. The Morgan fingerprint density at radius 2 is 1.65 bits per heavy atom. The summed E-state index contributed by atoms with van der Waals surface area (Å²) < 4.78 is 5.79. The number of amides is 1. The van der Waals surface area contributed by atoms with Gasteiger partial charge in [0.2, 0.25) is 0 Å². The van der Waals surface area contributed by atoms with Crippen molar-refractivity contribution in [3.05, 3.63) is 59.8 Å². The lowest BCUT2D eigenvalue weighted by atomic mass is 10.1. The van der Waals surface area contributed by atoms with Gasteiger partial charge in [-0.25, -0.2) is 0 Å². The van der Waals surface area contributed by atoms with Crippen LogP contribution in [0.3, 0.4) is 0 Å². The van der Waals surface area contributed by atoms with Crippen LogP contribution in [-0.4, -0.2) is 21.3 Å². The van der Waals surface area contributed by atoms with Crippen LogP contribution in [0.4, 0.5) is 0 Å². The third kappa shape index (κ3) is 3.21. The summed E-state index contributed by atoms with van der Waals surface area (Å²) in [5.74, 6) is 0.849. The molecule has 2 aromatic carbocycles. The van der Waals surface area contributed by atoms with Crippen molar-refractivity contribution in [1.29, 1.82) is 0 Å². The Bertz CT molecular complexity index is 807. The van der Waals surface area contributed by atoms with Gasteiger partial charge in [0.15, 0.2) is 5.69 Å². The first-order valence-electron chi connectivity index (χ1n) is 7.25. The van der Waals surface area contributed by atoms with E-state index in [2.05, 4.69) is 22.3 Å². The molecule has 0 saturated heterocycles. The lowest BCUT2D eigenvalue weighted by Gasteiger charge is -2.07. The Labute approximate surface area is 133 Å². The van der Waals surface area contributed by atoms with Crippen LogP contribution in [0, 0.1) is 0 Å². The van der Waals surface area contributed by atoms with Crippen molar-refractivity contribution in [2.24, 2.45) is 5.73 Å². The summed E-state index contributed by atoms with van der Waals surface area (Å²) in [5, 5.41) is 10.1. The predicted molar refractivity (Wildman–Crippen MR) is 86.2 cm³/mol. The summed E-state index contributed by atoms with van der Waals surface area (Å²) in [6.07, 6.45) is 0.995. The lowest BCUT2D eigenvalue weighted by Crippen LogP contribution is -2.12. The van der Waals surface area contributed by atoms with Gasteiger partial charge in [-0.3, -0.25) is 4.79 Å². The molecule has 116 valence electrons. The lowest BCUT2D eigenvalue weighted by molar-refractivity contribution is 0.0996. The number of benzene rings is 2. The number of carbonyl (C=O) groups is 1. The fourth-order valence-electron chi connectivity index (χ4n) is 2.21. The monoisotopic (exact) mass is 308 g/mol. The van der Waals surface area contributed by atoms with E-state index in [1.807, 2.05) is 36.4 Å². The maximum Gasteiger partial charge on any atom is 0.271 e. The van der Waals surface area contributed by atoms with Gasteiger partial charge in [-0.2, -0.15) is 15.4 Å². The Morgan fingerprint density at radius 3 is 2.22 bits per heavy atom. The zero-order chi connectivity index (χ0) is 16.2. The molecular weight excluding hydrogens is 292 g/mol. The number of nitrogens with two attached hydrogens (primary N) is 1. The van der Waals surface area contributed by atoms with Gasteiger partial charge in [-0.05, 0) is 48.4 Å². The number of nitrogens with zero attached hydrogens (tertiary/aromatic N) is 2. The van der Waals surface area contributed by atoms with Crippen LogP contribution in [0.2, 0.25) is 0 Å². The molecule has 0 bridgehead atoms. The van der Waals surface area contributed by atoms with Crippen molar-refractivity contribution >= 4 is 5.91 Å². The zero-order valence-electron chi connectivity index (χ0n) is 12.6. The van der Waals surface area contributed by atoms with Gasteiger partial charge in [-0.1, -0.05) is 19.1 Å². The van der Waals surface area contributed by atoms with E-state index in [1.54, 1.807) is 12.1 Å². The van der Waals surface area contributed by atoms with E-state index in [0.29, 0.717) is 11.4 Å². The first-order chi connectivity index (χ1) is 11.2. The number of aromatic nitrogens is 3. The number of hydrogen-bond donors (Lipinski definition) is 2. The van der Waals surface area contributed by atoms with E-state index >= 15 is 0 Å². The van der Waals surface area contributed by atoms with Crippen LogP contribution in [-0.2, 0) is 6.42 Å². The second-order valence-corrected chi connectivity index (χ2v) is 5.01. The molecule has 0 unspecified atom stereocenters. The average Bonchev–Trinajstić information content (AvgIpc) is 3.06. The fourth-order valence-corrected chi connectivity index (χ4v) is 2.21. The molecule has 0 atom stereocenters. The van der Waals surface area contributed by atoms with Crippen LogP contribution in [0.5, 0.6) is 11.5 Å². The van der Waals surface area contributed by atoms with E-state index < -0.39 is 5.91 Å². The van der Waals surface area contributed by atoms with E-state index in [0.717, 1.165) is 17.7 Å². The predicted octanol–water partition coefficient (Wildman–Crippen LogP) is 2.93. The standard InChI is InChI=1S/C17H16N4O2/c1-2-11-3-7-13(8-4-11)23-14-9-5-12(6-10-14)15-16(17(18)22)20-21-19-15/h3-10H,2H2,1H3,(H2,18,22)(H,19,20,21). The molecule has 0 fully saturated rings. The average molecular weight is 308 g/mol. The van der Waals surface area contributed by atoms with E-state index in [-0.39, 0.29) is 5.69 Å². The molecule has 0 radical (unpaired) electrons. The zero-order valence-corrected chi connectivity index (χ0v) is 12.6. The van der Waals surface area contributed by atoms with E-state index in [1.165, 1.54) is 5.56 Å². The SMILES string of the molecule is CCc1ccc(Oc2ccc(-c3n[nH]nc3C(N)=O)cc2)cc1. The summed E-state index contributed by atoms with van der Waals surface area (Å²) in [4.78, 5) is 11.3. The summed E-state index contributed by atoms with van der Waals surface area (Å²) in [6, 6.07) is 15.2. The molecular formula is C17H16N4O2. The number of H-pyrrole nitrogens is 1. The van der Waals surface area contributed by atoms with Gasteiger partial charge >= 0.3 is 0 Å². The summed E-state index contributed by atoms with van der Waals surface area (Å²) >= 11 is 0. The van der Waals surface area contributed by atoms with E-state index in [4.69, 9.17) is 10.5 Å². The summed E-state index contributed by atoms with van der Waals surface area (Å²) in [6.45, 7) is 2.11. The van der Waals surface area contributed by atoms with Gasteiger partial charge in [0.05, 0.1) is 0 Å². The number of ether oxygens (including phenoxy) is 1. The first-order valence-corrected chi connectivity index (χ1v) is 7.25. The number of rotatable bonds is 5. The minimum absolute atomic E-state index is 0.119. The largest absolute Gasteiger partial charge is 0.457 e. The summed E-state index contributed by atoms with van der Waals surface area (Å²) in [5.41, 5.74) is 7.81. The second kappa shape index (κ2) is 6.31. The molecule has 6 heteroatoms. The number of primary amides is 1. The molecule has 3 N–H and O–H groups in total. The molecule has 1 amide bonds. The van der Waals surface area contributed by atoms with E-state index in [9.17, 15) is 4.79 Å². The number of carbonyl (C=O) groups excluding carboxylic acids is 1. The molecule has 23 heavy (non-hydrogen) atoms. The highest BCUT2D eigenvalue weighted by Gasteiger charge is 2.14. The molecule has 1 heterocycles. The quantitative estimate of drug-likeness (QED) is 0.757. The normalized spacial score (nSPS) is 10.5. The molecule has 0 aliphatic rings. The Morgan fingerprint density at radius 1 is 1.04 bits per heavy atom. The molecule has 3 rings (SSSR count). The number of aromatic amines is 1. The molecule has 3 aromatic rings. The molecule has 0 aliphatic carbocycles. The van der Waals surface area contributed by atoms with Crippen LogP contribution in [0.25, 0.3) is 11.3 Å². The maximum absolute atomic E-state index is 11.3. The fraction of sp³-hybridized carbons (Fsp3) is 0.118. The highest BCUT2D eigenvalue weighted by atomic mass is 16.5. The van der Waals surface area contributed by atoms with Crippen molar-refractivity contribution in [3.63, 3.8) is 0 Å². The maximum atomic E-state index is 11.3. The third-order valence-electron chi connectivity index (χ3n) is 3.48. The number of hydrogen-bond acceptors (Lipinski definition) is 4. The molecule has 1 aromatic heterocycles. The first kappa shape index (κ1) is 14.8. The minimum Gasteiger partial charge on any atom is -0.457 e. The Hall–Kier alpha value is -3.15. The summed E-state index contributed by atoms with van der Waals surface area (Å²) in [7, 11) is 0. The van der Waals surface area contributed by atoms with Crippen molar-refractivity contribution in [2.45, 2.75) is 13.3 Å². The molecule has 6 nitrogen and oxygen atoms in total. The molecule has 0 saturated carbocycles. The Balaban J connectivity index is 1.78. The van der Waals surface area contributed by atoms with Crippen molar-refractivity contribution in [1.82, 2.24) is 15.4 Å². The second-order valence-electron chi connectivity index (χ2n) is 5.01. The topological polar surface area (TPSA) is 93.9 Å². The van der Waals surface area contributed by atoms with Gasteiger partial charge in [0, 0.05) is 5.56 Å². The van der Waals surface area contributed by atoms with Crippen LogP contribution in [0.15, 0.2) is 48.5 Å². The number of nitrogens with one attached hydrogen (secondary N) is 1. The minimum atomic E-state index is -0.620. The van der Waals surface area contributed by atoms with Gasteiger partial charge < -0.3 is 10.5 Å². The number of aryl methyl sites for hydroxylation is 1.